The molecule has 0 aliphatic rings. The van der Waals surface area contributed by atoms with Crippen molar-refractivity contribution in [1.29, 1.82) is 0 Å². The number of benzene rings is 1. The number of hydrogen-bond donors (Lipinski definition) is 2. The van der Waals surface area contributed by atoms with Gasteiger partial charge in [-0.3, -0.25) is 9.78 Å². The number of carbonyl (C=O) groups excluding carboxylic acids is 1. The molecule has 0 radical (unpaired) electrons. The van der Waals surface area contributed by atoms with E-state index in [0.717, 1.165) is 11.3 Å². The summed E-state index contributed by atoms with van der Waals surface area (Å²) < 4.78 is 4.56. The van der Waals surface area contributed by atoms with Gasteiger partial charge < -0.3 is 10.6 Å². The van der Waals surface area contributed by atoms with Gasteiger partial charge in [0.15, 0.2) is 5.69 Å². The molecule has 1 aromatic carbocycles. The summed E-state index contributed by atoms with van der Waals surface area (Å²) in [6, 6.07) is 11.3. The molecular weight excluding hydrogens is 294 g/mol. The number of amides is 1. The SMILES string of the molecule is Cc1nonc1C(=O)Nc1ccccc1NCc1cccnc1. The number of carbonyl (C=O) groups is 1. The average molecular weight is 309 g/mol. The first-order valence-electron chi connectivity index (χ1n) is 7.06. The van der Waals surface area contributed by atoms with E-state index in [1.807, 2.05) is 36.4 Å². The van der Waals surface area contributed by atoms with E-state index in [4.69, 9.17) is 0 Å². The van der Waals surface area contributed by atoms with Gasteiger partial charge in [-0.1, -0.05) is 23.4 Å². The molecule has 0 saturated heterocycles. The maximum absolute atomic E-state index is 12.2. The van der Waals surface area contributed by atoms with Gasteiger partial charge in [0.2, 0.25) is 0 Å². The molecule has 23 heavy (non-hydrogen) atoms. The van der Waals surface area contributed by atoms with Crippen LogP contribution in [0.4, 0.5) is 11.4 Å². The summed E-state index contributed by atoms with van der Waals surface area (Å²) in [7, 11) is 0. The number of para-hydroxylation sites is 2. The molecule has 0 fully saturated rings. The summed E-state index contributed by atoms with van der Waals surface area (Å²) in [5.41, 5.74) is 3.13. The van der Waals surface area contributed by atoms with Gasteiger partial charge in [-0.05, 0) is 35.8 Å². The Morgan fingerprint density at radius 2 is 1.96 bits per heavy atom. The van der Waals surface area contributed by atoms with Gasteiger partial charge in [0, 0.05) is 18.9 Å². The summed E-state index contributed by atoms with van der Waals surface area (Å²) in [4.78, 5) is 16.3. The normalized spacial score (nSPS) is 10.3. The number of aryl methyl sites for hydroxylation is 1. The highest BCUT2D eigenvalue weighted by Crippen LogP contribution is 2.22. The van der Waals surface area contributed by atoms with Crippen molar-refractivity contribution in [2.75, 3.05) is 10.6 Å². The molecule has 116 valence electrons. The lowest BCUT2D eigenvalue weighted by atomic mass is 10.2. The Morgan fingerprint density at radius 3 is 2.65 bits per heavy atom. The zero-order valence-electron chi connectivity index (χ0n) is 12.5. The number of rotatable bonds is 5. The van der Waals surface area contributed by atoms with Crippen molar-refractivity contribution in [3.05, 3.63) is 65.7 Å². The predicted octanol–water partition coefficient (Wildman–Crippen LogP) is 2.64. The van der Waals surface area contributed by atoms with E-state index in [9.17, 15) is 4.79 Å². The molecule has 1 amide bonds. The van der Waals surface area contributed by atoms with Crippen LogP contribution in [0.15, 0.2) is 53.4 Å². The third-order valence-corrected chi connectivity index (χ3v) is 3.25. The highest BCUT2D eigenvalue weighted by atomic mass is 16.6. The summed E-state index contributed by atoms with van der Waals surface area (Å²) in [6.07, 6.45) is 3.52. The molecule has 0 atom stereocenters. The van der Waals surface area contributed by atoms with Crippen molar-refractivity contribution in [3.63, 3.8) is 0 Å². The molecule has 0 spiro atoms. The molecule has 0 aliphatic carbocycles. The number of hydrogen-bond acceptors (Lipinski definition) is 6. The first-order chi connectivity index (χ1) is 11.2. The summed E-state index contributed by atoms with van der Waals surface area (Å²) in [5, 5.41) is 13.3. The van der Waals surface area contributed by atoms with Crippen LogP contribution in [0.2, 0.25) is 0 Å². The molecule has 2 N–H and O–H groups in total. The van der Waals surface area contributed by atoms with Crippen molar-refractivity contribution in [1.82, 2.24) is 15.3 Å². The lowest BCUT2D eigenvalue weighted by Crippen LogP contribution is -2.15. The van der Waals surface area contributed by atoms with Crippen molar-refractivity contribution in [2.24, 2.45) is 0 Å². The topological polar surface area (TPSA) is 92.9 Å². The second kappa shape index (κ2) is 6.69. The molecule has 0 aliphatic heterocycles. The van der Waals surface area contributed by atoms with Gasteiger partial charge in [0.25, 0.3) is 5.91 Å². The van der Waals surface area contributed by atoms with Crippen molar-refractivity contribution < 1.29 is 9.42 Å². The zero-order chi connectivity index (χ0) is 16.1. The van der Waals surface area contributed by atoms with Gasteiger partial charge in [0.1, 0.15) is 5.69 Å². The van der Waals surface area contributed by atoms with Crippen LogP contribution in [-0.2, 0) is 6.54 Å². The average Bonchev–Trinajstić information content (AvgIpc) is 3.01. The third-order valence-electron chi connectivity index (χ3n) is 3.25. The zero-order valence-corrected chi connectivity index (χ0v) is 12.5. The van der Waals surface area contributed by atoms with Crippen LogP contribution in [0.25, 0.3) is 0 Å². The molecule has 2 aromatic heterocycles. The monoisotopic (exact) mass is 309 g/mol. The predicted molar refractivity (Wildman–Crippen MR) is 85.0 cm³/mol. The molecule has 0 bridgehead atoms. The number of aromatic nitrogens is 3. The third kappa shape index (κ3) is 3.52. The molecular formula is C16H15N5O2. The van der Waals surface area contributed by atoms with Gasteiger partial charge in [0.05, 0.1) is 11.4 Å². The van der Waals surface area contributed by atoms with Gasteiger partial charge >= 0.3 is 0 Å². The van der Waals surface area contributed by atoms with Crippen LogP contribution in [0.1, 0.15) is 21.7 Å². The van der Waals surface area contributed by atoms with Gasteiger partial charge in [-0.2, -0.15) is 0 Å². The van der Waals surface area contributed by atoms with Crippen LogP contribution in [-0.4, -0.2) is 21.2 Å². The fraction of sp³-hybridized carbons (Fsp3) is 0.125. The quantitative estimate of drug-likeness (QED) is 0.752. The minimum Gasteiger partial charge on any atom is -0.379 e. The van der Waals surface area contributed by atoms with E-state index in [0.29, 0.717) is 17.9 Å². The minimum absolute atomic E-state index is 0.173. The molecule has 0 unspecified atom stereocenters. The van der Waals surface area contributed by atoms with Gasteiger partial charge in [-0.25, -0.2) is 4.63 Å². The fourth-order valence-corrected chi connectivity index (χ4v) is 2.07. The number of anilines is 2. The Balaban J connectivity index is 1.73. The van der Waals surface area contributed by atoms with E-state index in [-0.39, 0.29) is 11.6 Å². The van der Waals surface area contributed by atoms with E-state index >= 15 is 0 Å². The van der Waals surface area contributed by atoms with E-state index in [1.54, 1.807) is 19.3 Å². The maximum atomic E-state index is 12.2. The molecule has 0 saturated carbocycles. The minimum atomic E-state index is -0.362. The lowest BCUT2D eigenvalue weighted by molar-refractivity contribution is 0.101. The Kier molecular flexibility index (Phi) is 4.28. The first kappa shape index (κ1) is 14.7. The number of pyridine rings is 1. The molecule has 7 nitrogen and oxygen atoms in total. The van der Waals surface area contributed by atoms with Crippen LogP contribution in [0.3, 0.4) is 0 Å². The van der Waals surface area contributed by atoms with Crippen LogP contribution in [0.5, 0.6) is 0 Å². The van der Waals surface area contributed by atoms with Crippen molar-refractivity contribution >= 4 is 17.3 Å². The fourth-order valence-electron chi connectivity index (χ4n) is 2.07. The Labute approximate surface area is 132 Å². The maximum Gasteiger partial charge on any atom is 0.279 e. The van der Waals surface area contributed by atoms with E-state index in [2.05, 4.69) is 30.6 Å². The molecule has 3 rings (SSSR count). The van der Waals surface area contributed by atoms with Crippen molar-refractivity contribution in [3.8, 4) is 0 Å². The Morgan fingerprint density at radius 1 is 1.13 bits per heavy atom. The number of nitrogens with one attached hydrogen (secondary N) is 2. The Bertz CT molecular complexity index is 801. The standard InChI is InChI=1S/C16H15N5O2/c1-11-15(21-23-20-11)16(22)19-14-7-3-2-6-13(14)18-10-12-5-4-8-17-9-12/h2-9,18H,10H2,1H3,(H,19,22). The second-order valence-corrected chi connectivity index (χ2v) is 4.91. The smallest absolute Gasteiger partial charge is 0.279 e. The van der Waals surface area contributed by atoms with Crippen LogP contribution in [0, 0.1) is 6.92 Å². The van der Waals surface area contributed by atoms with Crippen LogP contribution >= 0.6 is 0 Å². The van der Waals surface area contributed by atoms with Crippen molar-refractivity contribution in [2.45, 2.75) is 13.5 Å². The van der Waals surface area contributed by atoms with Gasteiger partial charge in [-0.15, -0.1) is 0 Å². The van der Waals surface area contributed by atoms with E-state index < -0.39 is 0 Å². The summed E-state index contributed by atoms with van der Waals surface area (Å²) >= 11 is 0. The van der Waals surface area contributed by atoms with Crippen LogP contribution < -0.4 is 10.6 Å². The largest absolute Gasteiger partial charge is 0.379 e. The summed E-state index contributed by atoms with van der Waals surface area (Å²) in [5.74, 6) is -0.362. The first-order valence-corrected chi connectivity index (χ1v) is 7.06. The molecule has 2 heterocycles. The van der Waals surface area contributed by atoms with E-state index in [1.165, 1.54) is 0 Å². The Hall–Kier alpha value is -3.22. The highest BCUT2D eigenvalue weighted by molar-refractivity contribution is 6.05. The molecule has 7 heteroatoms. The lowest BCUT2D eigenvalue weighted by Gasteiger charge is -2.12. The second-order valence-electron chi connectivity index (χ2n) is 4.91. The molecule has 3 aromatic rings. The highest BCUT2D eigenvalue weighted by Gasteiger charge is 2.16. The number of nitrogens with zero attached hydrogens (tertiary/aromatic N) is 3. The summed E-state index contributed by atoms with van der Waals surface area (Å²) in [6.45, 7) is 2.27.